The fourth-order valence-electron chi connectivity index (χ4n) is 1.33. The molecule has 0 bridgehead atoms. The van der Waals surface area contributed by atoms with Crippen LogP contribution in [0.3, 0.4) is 0 Å². The molecule has 0 radical (unpaired) electrons. The van der Waals surface area contributed by atoms with Crippen LogP contribution in [0.15, 0.2) is 23.8 Å². The molecule has 0 aliphatic rings. The monoisotopic (exact) mass is 301 g/mol. The lowest BCUT2D eigenvalue weighted by molar-refractivity contribution is -0.387. The zero-order valence-corrected chi connectivity index (χ0v) is 11.2. The Kier molecular flexibility index (Phi) is 4.81. The minimum Gasteiger partial charge on any atom is -0.258 e. The van der Waals surface area contributed by atoms with Crippen molar-refractivity contribution in [1.82, 2.24) is 0 Å². The summed E-state index contributed by atoms with van der Waals surface area (Å²) in [6, 6.07) is 3.91. The van der Waals surface area contributed by atoms with Gasteiger partial charge < -0.3 is 0 Å². The van der Waals surface area contributed by atoms with Crippen LogP contribution < -0.4 is 0 Å². The topological polar surface area (TPSA) is 43.1 Å². The van der Waals surface area contributed by atoms with E-state index in [1.165, 1.54) is 12.1 Å². The first-order chi connectivity index (χ1) is 7.95. The quantitative estimate of drug-likeness (QED) is 0.476. The minimum absolute atomic E-state index is 0.332. The Hall–Kier alpha value is -1.23. The molecule has 0 amide bonds. The first-order valence-corrected chi connectivity index (χ1v) is 6.28. The first kappa shape index (κ1) is 13.8. The largest absolute Gasteiger partial charge is 0.305 e. The number of nitro groups is 1. The minimum atomic E-state index is -0.808. The van der Waals surface area contributed by atoms with E-state index in [1.54, 1.807) is 0 Å². The molecule has 0 unspecified atom stereocenters. The number of nitro benzene ring substituents is 1. The smallest absolute Gasteiger partial charge is 0.258 e. The van der Waals surface area contributed by atoms with Gasteiger partial charge in [0.25, 0.3) is 0 Å². The Morgan fingerprint density at radius 1 is 1.59 bits per heavy atom. The summed E-state index contributed by atoms with van der Waals surface area (Å²) < 4.78 is 13.1. The molecule has 0 atom stereocenters. The van der Waals surface area contributed by atoms with Crippen molar-refractivity contribution in [1.29, 1.82) is 0 Å². The van der Waals surface area contributed by atoms with Crippen LogP contribution in [-0.2, 0) is 0 Å². The van der Waals surface area contributed by atoms with Gasteiger partial charge in [-0.25, -0.2) is 0 Å². The molecule has 1 rings (SSSR count). The van der Waals surface area contributed by atoms with E-state index in [4.69, 9.17) is 0 Å². The molecule has 1 aromatic rings. The fourth-order valence-corrected chi connectivity index (χ4v) is 2.14. The van der Waals surface area contributed by atoms with Crippen LogP contribution in [0.25, 0.3) is 6.08 Å². The molecule has 0 fully saturated rings. The van der Waals surface area contributed by atoms with Crippen molar-refractivity contribution in [3.63, 3.8) is 0 Å². The van der Waals surface area contributed by atoms with Gasteiger partial charge in [-0.2, -0.15) is 4.39 Å². The molecule has 0 saturated heterocycles. The Bertz CT molecular complexity index is 458. The van der Waals surface area contributed by atoms with Crippen molar-refractivity contribution in [2.24, 2.45) is 5.92 Å². The van der Waals surface area contributed by atoms with Gasteiger partial charge in [-0.1, -0.05) is 47.5 Å². The molecule has 0 heterocycles. The average Bonchev–Trinajstić information content (AvgIpc) is 2.27. The van der Waals surface area contributed by atoms with Crippen LogP contribution in [0.5, 0.6) is 0 Å². The molecule has 0 aliphatic carbocycles. The van der Waals surface area contributed by atoms with Crippen molar-refractivity contribution >= 4 is 27.7 Å². The summed E-state index contributed by atoms with van der Waals surface area (Å²) in [5.41, 5.74) is 1.25. The van der Waals surface area contributed by atoms with Crippen molar-refractivity contribution in [2.45, 2.75) is 13.8 Å². The Balaban J connectivity index is 3.16. The molecular weight excluding hydrogens is 289 g/mol. The second kappa shape index (κ2) is 5.91. The van der Waals surface area contributed by atoms with Crippen LogP contribution >= 0.6 is 15.9 Å². The molecule has 0 aliphatic heterocycles. The first-order valence-electron chi connectivity index (χ1n) is 5.16. The Morgan fingerprint density at radius 3 is 2.71 bits per heavy atom. The number of benzene rings is 1. The SMILES string of the molecule is CC(C)/C(=C/c1ccc(F)c([N+](=O)[O-])c1)CBr. The predicted octanol–water partition coefficient (Wildman–Crippen LogP) is 4.17. The third-order valence-corrected chi connectivity index (χ3v) is 3.06. The van der Waals surface area contributed by atoms with Crippen LogP contribution in [0.2, 0.25) is 0 Å². The molecule has 92 valence electrons. The molecule has 0 aromatic heterocycles. The van der Waals surface area contributed by atoms with E-state index in [2.05, 4.69) is 15.9 Å². The number of halogens is 2. The van der Waals surface area contributed by atoms with Gasteiger partial charge in [-0.05, 0) is 17.5 Å². The van der Waals surface area contributed by atoms with Gasteiger partial charge in [0.05, 0.1) is 4.92 Å². The van der Waals surface area contributed by atoms with Crippen molar-refractivity contribution in [3.05, 3.63) is 45.3 Å². The molecule has 5 heteroatoms. The fraction of sp³-hybridized carbons (Fsp3) is 0.333. The molecule has 0 N–H and O–H groups in total. The maximum Gasteiger partial charge on any atom is 0.305 e. The van der Waals surface area contributed by atoms with Gasteiger partial charge in [-0.15, -0.1) is 0 Å². The average molecular weight is 302 g/mol. The lowest BCUT2D eigenvalue weighted by Gasteiger charge is -2.07. The number of allylic oxidation sites excluding steroid dienone is 1. The summed E-state index contributed by atoms with van der Waals surface area (Å²) in [7, 11) is 0. The Labute approximate surface area is 108 Å². The highest BCUT2D eigenvalue weighted by Crippen LogP contribution is 2.22. The summed E-state index contributed by atoms with van der Waals surface area (Å²) in [6.07, 6.45) is 1.84. The third kappa shape index (κ3) is 3.63. The molecule has 0 spiro atoms. The number of alkyl halides is 1. The Morgan fingerprint density at radius 2 is 2.24 bits per heavy atom. The van der Waals surface area contributed by atoms with Gasteiger partial charge in [0, 0.05) is 11.4 Å². The zero-order chi connectivity index (χ0) is 13.0. The lowest BCUT2D eigenvalue weighted by Crippen LogP contribution is -1.96. The van der Waals surface area contributed by atoms with E-state index in [0.29, 0.717) is 16.8 Å². The maximum absolute atomic E-state index is 13.1. The summed E-state index contributed by atoms with van der Waals surface area (Å²) in [5, 5.41) is 11.3. The van der Waals surface area contributed by atoms with Crippen molar-refractivity contribution < 1.29 is 9.31 Å². The molecular formula is C12H13BrFNO2. The van der Waals surface area contributed by atoms with Crippen LogP contribution in [-0.4, -0.2) is 10.3 Å². The summed E-state index contributed by atoms with van der Waals surface area (Å²) in [5.74, 6) is -0.476. The summed E-state index contributed by atoms with van der Waals surface area (Å²) >= 11 is 3.36. The third-order valence-electron chi connectivity index (χ3n) is 2.41. The van der Waals surface area contributed by atoms with Gasteiger partial charge in [-0.3, -0.25) is 10.1 Å². The highest BCUT2D eigenvalue weighted by atomic mass is 79.9. The molecule has 1 aromatic carbocycles. The van der Waals surface area contributed by atoms with Crippen molar-refractivity contribution in [3.8, 4) is 0 Å². The predicted molar refractivity (Wildman–Crippen MR) is 69.7 cm³/mol. The summed E-state index contributed by atoms with van der Waals surface area (Å²) in [4.78, 5) is 9.89. The van der Waals surface area contributed by atoms with E-state index in [0.717, 1.165) is 11.6 Å². The normalized spacial score (nSPS) is 11.9. The van der Waals surface area contributed by atoms with Gasteiger partial charge in [0.1, 0.15) is 0 Å². The number of hydrogen-bond acceptors (Lipinski definition) is 2. The van der Waals surface area contributed by atoms with E-state index < -0.39 is 16.4 Å². The van der Waals surface area contributed by atoms with Gasteiger partial charge in [0.2, 0.25) is 5.82 Å². The second-order valence-electron chi connectivity index (χ2n) is 3.98. The van der Waals surface area contributed by atoms with Crippen molar-refractivity contribution in [2.75, 3.05) is 5.33 Å². The van der Waals surface area contributed by atoms with E-state index in [-0.39, 0.29) is 0 Å². The number of nitrogens with zero attached hydrogens (tertiary/aromatic N) is 1. The lowest BCUT2D eigenvalue weighted by atomic mass is 10.0. The van der Waals surface area contributed by atoms with Crippen LogP contribution in [0.1, 0.15) is 19.4 Å². The highest BCUT2D eigenvalue weighted by molar-refractivity contribution is 9.09. The molecule has 17 heavy (non-hydrogen) atoms. The zero-order valence-electron chi connectivity index (χ0n) is 9.61. The van der Waals surface area contributed by atoms with Crippen LogP contribution in [0.4, 0.5) is 10.1 Å². The molecule has 0 saturated carbocycles. The number of rotatable bonds is 4. The van der Waals surface area contributed by atoms with Gasteiger partial charge >= 0.3 is 5.69 Å². The number of hydrogen-bond donors (Lipinski definition) is 0. The van der Waals surface area contributed by atoms with Crippen LogP contribution in [0, 0.1) is 21.8 Å². The van der Waals surface area contributed by atoms with E-state index in [1.807, 2.05) is 19.9 Å². The highest BCUT2D eigenvalue weighted by Gasteiger charge is 2.13. The van der Waals surface area contributed by atoms with E-state index in [9.17, 15) is 14.5 Å². The standard InChI is InChI=1S/C12H13BrFNO2/c1-8(2)10(7-13)5-9-3-4-11(14)12(6-9)15(16)17/h3-6,8H,7H2,1-2H3/b10-5+. The molecule has 3 nitrogen and oxygen atoms in total. The second-order valence-corrected chi connectivity index (χ2v) is 4.54. The summed E-state index contributed by atoms with van der Waals surface area (Å²) in [6.45, 7) is 4.07. The van der Waals surface area contributed by atoms with E-state index >= 15 is 0 Å². The maximum atomic E-state index is 13.1. The van der Waals surface area contributed by atoms with Gasteiger partial charge in [0.15, 0.2) is 0 Å².